The number of likely N-dealkylation sites (N-methyl/N-ethyl adjacent to an activating group) is 1. The zero-order chi connectivity index (χ0) is 21.4. The number of ether oxygens (including phenoxy) is 2. The quantitative estimate of drug-likeness (QED) is 0.510. The van der Waals surface area contributed by atoms with Gasteiger partial charge in [-0.1, -0.05) is 11.8 Å². The van der Waals surface area contributed by atoms with E-state index >= 15 is 0 Å². The van der Waals surface area contributed by atoms with E-state index in [0.717, 1.165) is 11.9 Å². The first-order chi connectivity index (χ1) is 11.9. The van der Waals surface area contributed by atoms with Crippen molar-refractivity contribution in [2.24, 2.45) is 0 Å². The van der Waals surface area contributed by atoms with Crippen LogP contribution in [-0.2, 0) is 23.9 Å². The number of esters is 2. The van der Waals surface area contributed by atoms with E-state index in [1.165, 1.54) is 0 Å². The van der Waals surface area contributed by atoms with E-state index in [0.29, 0.717) is 0 Å². The van der Waals surface area contributed by atoms with Crippen molar-refractivity contribution in [3.63, 3.8) is 0 Å². The molecule has 13 heteroatoms. The number of alkyl halides is 6. The van der Waals surface area contributed by atoms with Crippen LogP contribution < -0.4 is 0 Å². The van der Waals surface area contributed by atoms with E-state index in [9.17, 15) is 40.7 Å². The Morgan fingerprint density at radius 3 is 2.00 bits per heavy atom. The van der Waals surface area contributed by atoms with Crippen LogP contribution in [0.2, 0.25) is 0 Å². The van der Waals surface area contributed by atoms with Gasteiger partial charge in [-0.05, 0) is 20.8 Å². The maximum Gasteiger partial charge on any atom is 0.448 e. The molecular formula is C14H17F6NO5S. The Morgan fingerprint density at radius 1 is 1.15 bits per heavy atom. The topological polar surface area (TPSA) is 72.9 Å². The molecule has 1 fully saturated rings. The summed E-state index contributed by atoms with van der Waals surface area (Å²) in [6.07, 6.45) is -12.9. The van der Waals surface area contributed by atoms with Gasteiger partial charge in [-0.15, -0.1) is 0 Å². The van der Waals surface area contributed by atoms with Crippen molar-refractivity contribution < 1.29 is 50.2 Å². The number of thioether (sulfide) groups is 1. The van der Waals surface area contributed by atoms with Crippen molar-refractivity contribution in [3.05, 3.63) is 0 Å². The molecular weight excluding hydrogens is 408 g/mol. The third kappa shape index (κ3) is 5.42. The van der Waals surface area contributed by atoms with Gasteiger partial charge < -0.3 is 14.4 Å². The maximum atomic E-state index is 12.9. The molecule has 0 aliphatic carbocycles. The SMILES string of the molecule is CN(CC(=O)OC(C)(C)C)C(=O)CC1SC(C(F)(F)F)(C(F)(F)F)OC1=O. The predicted octanol–water partition coefficient (Wildman–Crippen LogP) is 2.66. The van der Waals surface area contributed by atoms with Crippen LogP contribution in [0.4, 0.5) is 26.3 Å². The van der Waals surface area contributed by atoms with Crippen LogP contribution in [0.25, 0.3) is 0 Å². The summed E-state index contributed by atoms with van der Waals surface area (Å²) in [5.74, 6) is -3.66. The molecule has 0 aromatic heterocycles. The van der Waals surface area contributed by atoms with Gasteiger partial charge in [0.2, 0.25) is 5.91 Å². The number of halogens is 6. The summed E-state index contributed by atoms with van der Waals surface area (Å²) in [5.41, 5.74) is -0.856. The van der Waals surface area contributed by atoms with Crippen LogP contribution in [0.5, 0.6) is 0 Å². The number of carbonyl (C=O) groups is 3. The second kappa shape index (κ2) is 7.40. The highest BCUT2D eigenvalue weighted by Crippen LogP contribution is 2.58. The summed E-state index contributed by atoms with van der Waals surface area (Å²) in [7, 11) is 1.10. The molecule has 0 bridgehead atoms. The number of cyclic esters (lactones) is 1. The molecule has 156 valence electrons. The monoisotopic (exact) mass is 425 g/mol. The lowest BCUT2D eigenvalue weighted by atomic mass is 10.2. The van der Waals surface area contributed by atoms with E-state index in [-0.39, 0.29) is 0 Å². The van der Waals surface area contributed by atoms with Crippen molar-refractivity contribution in [2.45, 2.75) is 55.3 Å². The lowest BCUT2D eigenvalue weighted by Gasteiger charge is -2.30. The summed E-state index contributed by atoms with van der Waals surface area (Å²) in [6.45, 7) is 4.09. The second-order valence-electron chi connectivity index (χ2n) is 6.68. The fraction of sp³-hybridized carbons (Fsp3) is 0.786. The van der Waals surface area contributed by atoms with Crippen molar-refractivity contribution in [2.75, 3.05) is 13.6 Å². The Hall–Kier alpha value is -1.66. The number of amides is 1. The van der Waals surface area contributed by atoms with E-state index in [1.807, 2.05) is 0 Å². The Kier molecular flexibility index (Phi) is 6.40. The molecule has 1 atom stereocenters. The molecule has 1 saturated heterocycles. The van der Waals surface area contributed by atoms with Crippen LogP contribution in [-0.4, -0.2) is 64.5 Å². The molecule has 0 spiro atoms. The first-order valence-electron chi connectivity index (χ1n) is 7.39. The molecule has 1 aliphatic heterocycles. The average molecular weight is 425 g/mol. The lowest BCUT2D eigenvalue weighted by molar-refractivity contribution is -0.327. The fourth-order valence-corrected chi connectivity index (χ4v) is 3.15. The number of hydrogen-bond donors (Lipinski definition) is 0. The summed E-state index contributed by atoms with van der Waals surface area (Å²) in [5, 5.41) is -2.03. The largest absolute Gasteiger partial charge is 0.459 e. The molecule has 6 nitrogen and oxygen atoms in total. The maximum absolute atomic E-state index is 12.9. The van der Waals surface area contributed by atoms with Gasteiger partial charge in [-0.3, -0.25) is 14.4 Å². The van der Waals surface area contributed by atoms with Gasteiger partial charge in [0.05, 0.1) is 0 Å². The van der Waals surface area contributed by atoms with E-state index in [1.54, 1.807) is 20.8 Å². The number of carbonyl (C=O) groups excluding carboxylic acids is 3. The van der Waals surface area contributed by atoms with Crippen molar-refractivity contribution in [3.8, 4) is 0 Å². The van der Waals surface area contributed by atoms with E-state index in [4.69, 9.17) is 4.74 Å². The molecule has 1 heterocycles. The summed E-state index contributed by atoms with van der Waals surface area (Å²) < 4.78 is 86.0. The van der Waals surface area contributed by atoms with Gasteiger partial charge in [0.15, 0.2) is 0 Å². The third-order valence-corrected chi connectivity index (χ3v) is 4.66. The van der Waals surface area contributed by atoms with Gasteiger partial charge in [0.25, 0.3) is 0 Å². The zero-order valence-electron chi connectivity index (χ0n) is 14.7. The second-order valence-corrected chi connectivity index (χ2v) is 8.06. The summed E-state index contributed by atoms with van der Waals surface area (Å²) in [4.78, 5) is 31.2. The van der Waals surface area contributed by atoms with Gasteiger partial charge in [-0.25, -0.2) is 0 Å². The molecule has 0 N–H and O–H groups in total. The normalized spacial score (nSPS) is 20.2. The molecule has 27 heavy (non-hydrogen) atoms. The molecule has 0 saturated carbocycles. The molecule has 0 aromatic rings. The average Bonchev–Trinajstić information content (AvgIpc) is 2.74. The van der Waals surface area contributed by atoms with Gasteiger partial charge in [0, 0.05) is 13.5 Å². The highest BCUT2D eigenvalue weighted by Gasteiger charge is 2.78. The molecule has 0 aromatic carbocycles. The van der Waals surface area contributed by atoms with Crippen molar-refractivity contribution >= 4 is 29.6 Å². The van der Waals surface area contributed by atoms with Crippen LogP contribution in [0.1, 0.15) is 27.2 Å². The molecule has 1 amide bonds. The predicted molar refractivity (Wildman–Crippen MR) is 80.4 cm³/mol. The summed E-state index contributed by atoms with van der Waals surface area (Å²) >= 11 is -0.831. The minimum atomic E-state index is -5.92. The lowest BCUT2D eigenvalue weighted by Crippen LogP contribution is -2.54. The Balaban J connectivity index is 2.83. The number of nitrogens with zero attached hydrogens (tertiary/aromatic N) is 1. The third-order valence-electron chi connectivity index (χ3n) is 3.13. The zero-order valence-corrected chi connectivity index (χ0v) is 15.5. The Labute approximate surface area is 154 Å². The first-order valence-corrected chi connectivity index (χ1v) is 8.27. The highest BCUT2D eigenvalue weighted by atomic mass is 32.2. The van der Waals surface area contributed by atoms with Crippen LogP contribution in [0.3, 0.4) is 0 Å². The number of rotatable bonds is 4. The van der Waals surface area contributed by atoms with Crippen LogP contribution in [0, 0.1) is 0 Å². The number of hydrogen-bond acceptors (Lipinski definition) is 6. The first kappa shape index (κ1) is 23.4. The van der Waals surface area contributed by atoms with Crippen molar-refractivity contribution in [1.82, 2.24) is 4.90 Å². The van der Waals surface area contributed by atoms with Crippen LogP contribution in [0.15, 0.2) is 0 Å². The van der Waals surface area contributed by atoms with Gasteiger partial charge in [0.1, 0.15) is 17.4 Å². The molecule has 0 radical (unpaired) electrons. The fourth-order valence-electron chi connectivity index (χ4n) is 1.99. The van der Waals surface area contributed by atoms with E-state index in [2.05, 4.69) is 4.74 Å². The summed E-state index contributed by atoms with van der Waals surface area (Å²) in [6, 6.07) is 0. The standard InChI is InChI=1S/C14H17F6NO5S/c1-11(2,3)25-9(23)6-21(4)8(22)5-7-10(24)26-12(27-7,13(15,16)17)14(18,19)20/h7H,5-6H2,1-4H3. The van der Waals surface area contributed by atoms with Crippen LogP contribution >= 0.6 is 11.8 Å². The van der Waals surface area contributed by atoms with Gasteiger partial charge in [-0.2, -0.15) is 26.3 Å². The van der Waals surface area contributed by atoms with Gasteiger partial charge >= 0.3 is 29.2 Å². The smallest absolute Gasteiger partial charge is 0.448 e. The molecule has 1 unspecified atom stereocenters. The van der Waals surface area contributed by atoms with E-state index < -0.39 is 70.7 Å². The molecule has 1 aliphatic rings. The van der Waals surface area contributed by atoms with Crippen molar-refractivity contribution in [1.29, 1.82) is 0 Å². The highest BCUT2D eigenvalue weighted by molar-refractivity contribution is 8.02. The Morgan fingerprint density at radius 2 is 1.63 bits per heavy atom. The minimum absolute atomic E-state index is 0.591. The minimum Gasteiger partial charge on any atom is -0.459 e. The molecule has 1 rings (SSSR count). The Bertz CT molecular complexity index is 599.